The first-order chi connectivity index (χ1) is 7.85. The normalized spacial score (nSPS) is 24.1. The molecule has 1 fully saturated rings. The summed E-state index contributed by atoms with van der Waals surface area (Å²) < 4.78 is 17.0. The number of thiocarbonyl (C=S) groups is 1. The van der Waals surface area contributed by atoms with Crippen molar-refractivity contribution in [2.24, 2.45) is 0 Å². The van der Waals surface area contributed by atoms with E-state index in [1.54, 1.807) is 11.0 Å². The van der Waals surface area contributed by atoms with Gasteiger partial charge in [-0.25, -0.2) is 0 Å². The Hall–Kier alpha value is -0.650. The SMILES string of the molecule is C=CC[C@H](OC(=S)N(C)C)[C@H]1COC(C)(C)O1. The van der Waals surface area contributed by atoms with E-state index in [4.69, 9.17) is 26.4 Å². The van der Waals surface area contributed by atoms with Crippen molar-refractivity contribution >= 4 is 17.4 Å². The zero-order chi connectivity index (χ0) is 13.1. The molecule has 0 saturated carbocycles. The average Bonchev–Trinajstić information content (AvgIpc) is 2.58. The maximum Gasteiger partial charge on any atom is 0.259 e. The summed E-state index contributed by atoms with van der Waals surface area (Å²) in [6.07, 6.45) is 2.22. The summed E-state index contributed by atoms with van der Waals surface area (Å²) in [6, 6.07) is 0. The Morgan fingerprint density at radius 2 is 2.29 bits per heavy atom. The molecule has 4 nitrogen and oxygen atoms in total. The molecule has 17 heavy (non-hydrogen) atoms. The molecule has 0 aromatic rings. The highest BCUT2D eigenvalue weighted by atomic mass is 32.1. The predicted octanol–water partition coefficient (Wildman–Crippen LogP) is 1.95. The van der Waals surface area contributed by atoms with Gasteiger partial charge in [0.2, 0.25) is 0 Å². The molecule has 98 valence electrons. The van der Waals surface area contributed by atoms with E-state index >= 15 is 0 Å². The second kappa shape index (κ2) is 5.80. The van der Waals surface area contributed by atoms with Crippen molar-refractivity contribution in [1.29, 1.82) is 0 Å². The zero-order valence-corrected chi connectivity index (χ0v) is 11.8. The maximum atomic E-state index is 5.77. The summed E-state index contributed by atoms with van der Waals surface area (Å²) in [4.78, 5) is 1.76. The van der Waals surface area contributed by atoms with Crippen LogP contribution in [0.5, 0.6) is 0 Å². The molecule has 1 saturated heterocycles. The van der Waals surface area contributed by atoms with E-state index in [2.05, 4.69) is 6.58 Å². The fourth-order valence-corrected chi connectivity index (χ4v) is 1.70. The smallest absolute Gasteiger partial charge is 0.259 e. The molecule has 1 aliphatic heterocycles. The van der Waals surface area contributed by atoms with Gasteiger partial charge in [0, 0.05) is 20.5 Å². The van der Waals surface area contributed by atoms with Crippen LogP contribution in [0.25, 0.3) is 0 Å². The van der Waals surface area contributed by atoms with E-state index in [9.17, 15) is 0 Å². The summed E-state index contributed by atoms with van der Waals surface area (Å²) in [5, 5.41) is 0.449. The van der Waals surface area contributed by atoms with Gasteiger partial charge in [0.25, 0.3) is 5.17 Å². The van der Waals surface area contributed by atoms with Crippen LogP contribution in [0.3, 0.4) is 0 Å². The highest BCUT2D eigenvalue weighted by Crippen LogP contribution is 2.26. The Morgan fingerprint density at radius 1 is 1.65 bits per heavy atom. The van der Waals surface area contributed by atoms with Crippen LogP contribution in [0.15, 0.2) is 12.7 Å². The number of hydrogen-bond acceptors (Lipinski definition) is 4. The first kappa shape index (κ1) is 14.4. The lowest BCUT2D eigenvalue weighted by molar-refractivity contribution is -0.149. The summed E-state index contributed by atoms with van der Waals surface area (Å²) in [7, 11) is 3.70. The first-order valence-electron chi connectivity index (χ1n) is 5.66. The Kier molecular flexibility index (Phi) is 4.91. The average molecular weight is 259 g/mol. The Bertz CT molecular complexity index is 291. The largest absolute Gasteiger partial charge is 0.464 e. The van der Waals surface area contributed by atoms with Crippen LogP contribution in [0.1, 0.15) is 20.3 Å². The minimum absolute atomic E-state index is 0.110. The minimum Gasteiger partial charge on any atom is -0.464 e. The van der Waals surface area contributed by atoms with Crippen LogP contribution < -0.4 is 0 Å². The summed E-state index contributed by atoms with van der Waals surface area (Å²) in [5.74, 6) is -0.548. The Balaban J connectivity index is 2.60. The van der Waals surface area contributed by atoms with Crippen LogP contribution in [0.2, 0.25) is 0 Å². The van der Waals surface area contributed by atoms with Crippen molar-refractivity contribution in [3.8, 4) is 0 Å². The Morgan fingerprint density at radius 3 is 2.71 bits per heavy atom. The molecule has 5 heteroatoms. The lowest BCUT2D eigenvalue weighted by Gasteiger charge is -2.26. The Labute approximate surface area is 109 Å². The monoisotopic (exact) mass is 259 g/mol. The van der Waals surface area contributed by atoms with Gasteiger partial charge in [0.1, 0.15) is 12.2 Å². The van der Waals surface area contributed by atoms with Gasteiger partial charge in [0.05, 0.1) is 6.61 Å². The highest BCUT2D eigenvalue weighted by molar-refractivity contribution is 7.80. The molecular weight excluding hydrogens is 238 g/mol. The van der Waals surface area contributed by atoms with Crippen molar-refractivity contribution in [3.63, 3.8) is 0 Å². The van der Waals surface area contributed by atoms with Crippen molar-refractivity contribution in [3.05, 3.63) is 12.7 Å². The molecule has 0 bridgehead atoms. The molecule has 0 aromatic carbocycles. The van der Waals surface area contributed by atoms with Crippen LogP contribution in [-0.4, -0.2) is 48.8 Å². The van der Waals surface area contributed by atoms with E-state index < -0.39 is 5.79 Å². The van der Waals surface area contributed by atoms with Gasteiger partial charge in [-0.05, 0) is 26.1 Å². The van der Waals surface area contributed by atoms with Crippen LogP contribution in [0, 0.1) is 0 Å². The third-order valence-corrected chi connectivity index (χ3v) is 2.92. The molecule has 1 aliphatic rings. The molecule has 2 atom stereocenters. The van der Waals surface area contributed by atoms with Crippen LogP contribution in [-0.2, 0) is 14.2 Å². The van der Waals surface area contributed by atoms with E-state index in [-0.39, 0.29) is 12.2 Å². The third kappa shape index (κ3) is 4.26. The topological polar surface area (TPSA) is 30.9 Å². The molecule has 0 aliphatic carbocycles. The molecular formula is C12H21NO3S. The lowest BCUT2D eigenvalue weighted by Crippen LogP contribution is -2.37. The highest BCUT2D eigenvalue weighted by Gasteiger charge is 2.38. The van der Waals surface area contributed by atoms with Gasteiger partial charge in [-0.3, -0.25) is 0 Å². The number of rotatable bonds is 4. The van der Waals surface area contributed by atoms with Gasteiger partial charge < -0.3 is 19.1 Å². The zero-order valence-electron chi connectivity index (χ0n) is 10.9. The molecule has 0 N–H and O–H groups in total. The second-order valence-electron chi connectivity index (χ2n) is 4.71. The predicted molar refractivity (Wildman–Crippen MR) is 70.9 cm³/mol. The summed E-state index contributed by atoms with van der Waals surface area (Å²) in [5.41, 5.74) is 0. The summed E-state index contributed by atoms with van der Waals surface area (Å²) >= 11 is 5.13. The van der Waals surface area contributed by atoms with E-state index in [1.165, 1.54) is 0 Å². The molecule has 1 rings (SSSR count). The molecule has 0 unspecified atom stereocenters. The van der Waals surface area contributed by atoms with Gasteiger partial charge in [-0.2, -0.15) is 0 Å². The fraction of sp³-hybridized carbons (Fsp3) is 0.750. The molecule has 0 radical (unpaired) electrons. The standard InChI is InChI=1S/C12H21NO3S/c1-6-7-9(15-11(17)13(4)5)10-8-14-12(2,3)16-10/h6,9-10H,1,7-8H2,2-5H3/t9-,10+/m0/s1. The quantitative estimate of drug-likeness (QED) is 0.569. The number of hydrogen-bond donors (Lipinski definition) is 0. The lowest BCUT2D eigenvalue weighted by atomic mass is 10.1. The van der Waals surface area contributed by atoms with Gasteiger partial charge in [-0.15, -0.1) is 6.58 Å². The minimum atomic E-state index is -0.548. The first-order valence-corrected chi connectivity index (χ1v) is 6.07. The number of nitrogens with zero attached hydrogens (tertiary/aromatic N) is 1. The second-order valence-corrected chi connectivity index (χ2v) is 5.06. The van der Waals surface area contributed by atoms with Crippen molar-refractivity contribution in [1.82, 2.24) is 4.90 Å². The van der Waals surface area contributed by atoms with Crippen molar-refractivity contribution in [2.45, 2.75) is 38.3 Å². The van der Waals surface area contributed by atoms with E-state index in [0.29, 0.717) is 18.2 Å². The van der Waals surface area contributed by atoms with Gasteiger partial charge >= 0.3 is 0 Å². The maximum absolute atomic E-state index is 5.77. The van der Waals surface area contributed by atoms with E-state index in [0.717, 1.165) is 0 Å². The number of ether oxygens (including phenoxy) is 3. The van der Waals surface area contributed by atoms with Crippen LogP contribution in [0.4, 0.5) is 0 Å². The van der Waals surface area contributed by atoms with Crippen LogP contribution >= 0.6 is 12.2 Å². The molecule has 0 spiro atoms. The molecule has 0 aromatic heterocycles. The van der Waals surface area contributed by atoms with E-state index in [1.807, 2.05) is 27.9 Å². The van der Waals surface area contributed by atoms with Crippen molar-refractivity contribution in [2.75, 3.05) is 20.7 Å². The molecule has 1 heterocycles. The van der Waals surface area contributed by atoms with Crippen molar-refractivity contribution < 1.29 is 14.2 Å². The summed E-state index contributed by atoms with van der Waals surface area (Å²) in [6.45, 7) is 8.02. The fourth-order valence-electron chi connectivity index (χ4n) is 1.57. The van der Waals surface area contributed by atoms with Gasteiger partial charge in [-0.1, -0.05) is 6.08 Å². The third-order valence-electron chi connectivity index (χ3n) is 2.46. The van der Waals surface area contributed by atoms with Gasteiger partial charge in [0.15, 0.2) is 5.79 Å². The molecule has 0 amide bonds.